The Bertz CT molecular complexity index is 966. The Morgan fingerprint density at radius 3 is 2.34 bits per heavy atom. The predicted molar refractivity (Wildman–Crippen MR) is 113 cm³/mol. The number of hydrogen-bond donors (Lipinski definition) is 1. The average Bonchev–Trinajstić information content (AvgIpc) is 2.70. The highest BCUT2D eigenvalue weighted by molar-refractivity contribution is 7.89. The van der Waals surface area contributed by atoms with Gasteiger partial charge in [0.1, 0.15) is 5.75 Å². The van der Waals surface area contributed by atoms with Crippen LogP contribution in [0, 0.1) is 6.92 Å². The summed E-state index contributed by atoms with van der Waals surface area (Å²) in [5.41, 5.74) is 1.67. The van der Waals surface area contributed by atoms with Crippen LogP contribution in [0.15, 0.2) is 47.4 Å². The summed E-state index contributed by atoms with van der Waals surface area (Å²) < 4.78 is 32.9. The van der Waals surface area contributed by atoms with Crippen LogP contribution in [0.3, 0.4) is 0 Å². The molecule has 3 rings (SSSR count). The monoisotopic (exact) mass is 417 g/mol. The van der Waals surface area contributed by atoms with E-state index in [1.807, 2.05) is 14.0 Å². The second-order valence-corrected chi connectivity index (χ2v) is 9.03. The lowest BCUT2D eigenvalue weighted by Crippen LogP contribution is -2.47. The van der Waals surface area contributed by atoms with E-state index in [0.717, 1.165) is 5.75 Å². The topological polar surface area (TPSA) is 78.9 Å². The highest BCUT2D eigenvalue weighted by Crippen LogP contribution is 2.22. The van der Waals surface area contributed by atoms with Gasteiger partial charge in [-0.15, -0.1) is 0 Å². The summed E-state index contributed by atoms with van der Waals surface area (Å²) >= 11 is 0. The molecule has 1 saturated heterocycles. The molecule has 0 saturated carbocycles. The van der Waals surface area contributed by atoms with Gasteiger partial charge in [0.15, 0.2) is 0 Å². The van der Waals surface area contributed by atoms with Gasteiger partial charge >= 0.3 is 0 Å². The van der Waals surface area contributed by atoms with E-state index in [9.17, 15) is 13.2 Å². The molecule has 0 radical (unpaired) electrons. The first-order valence-electron chi connectivity index (χ1n) is 9.65. The summed E-state index contributed by atoms with van der Waals surface area (Å²) in [4.78, 5) is 15.0. The second kappa shape index (κ2) is 8.94. The highest BCUT2D eigenvalue weighted by Gasteiger charge is 2.28. The zero-order valence-electron chi connectivity index (χ0n) is 17.0. The number of benzene rings is 2. The lowest BCUT2D eigenvalue weighted by atomic mass is 10.1. The Labute approximate surface area is 172 Å². The maximum Gasteiger partial charge on any atom is 0.255 e. The van der Waals surface area contributed by atoms with Gasteiger partial charge in [-0.25, -0.2) is 8.42 Å². The largest absolute Gasteiger partial charge is 0.494 e. The molecule has 29 heavy (non-hydrogen) atoms. The van der Waals surface area contributed by atoms with Crippen molar-refractivity contribution in [2.45, 2.75) is 18.7 Å². The molecule has 0 unspecified atom stereocenters. The van der Waals surface area contributed by atoms with Gasteiger partial charge in [0.2, 0.25) is 10.0 Å². The fraction of sp³-hybridized carbons (Fsp3) is 0.381. The molecular formula is C21H27N3O4S. The number of nitrogens with zero attached hydrogens (tertiary/aromatic N) is 2. The van der Waals surface area contributed by atoms with Gasteiger partial charge in [0, 0.05) is 37.4 Å². The number of anilines is 1. The Hall–Kier alpha value is -2.42. The van der Waals surface area contributed by atoms with Crippen LogP contribution < -0.4 is 10.1 Å². The fourth-order valence-corrected chi connectivity index (χ4v) is 4.63. The molecule has 7 nitrogen and oxygen atoms in total. The third-order valence-corrected chi connectivity index (χ3v) is 6.87. The summed E-state index contributed by atoms with van der Waals surface area (Å²) in [6.45, 7) is 6.54. The van der Waals surface area contributed by atoms with Gasteiger partial charge in [-0.3, -0.25) is 4.79 Å². The SMILES string of the molecule is CCOc1ccc(NC(=O)c2cc(S(=O)(=O)N3CCN(C)CC3)ccc2C)cc1. The lowest BCUT2D eigenvalue weighted by molar-refractivity contribution is 0.102. The van der Waals surface area contributed by atoms with Crippen LogP contribution in [0.25, 0.3) is 0 Å². The summed E-state index contributed by atoms with van der Waals surface area (Å²) in [6.07, 6.45) is 0. The van der Waals surface area contributed by atoms with E-state index in [0.29, 0.717) is 49.6 Å². The lowest BCUT2D eigenvalue weighted by Gasteiger charge is -2.31. The zero-order valence-corrected chi connectivity index (χ0v) is 17.8. The number of carbonyl (C=O) groups excluding carboxylic acids is 1. The number of piperazine rings is 1. The van der Waals surface area contributed by atoms with Crippen molar-refractivity contribution in [2.75, 3.05) is 45.2 Å². The van der Waals surface area contributed by atoms with E-state index in [2.05, 4.69) is 10.2 Å². The zero-order chi connectivity index (χ0) is 21.0. The van der Waals surface area contributed by atoms with Crippen molar-refractivity contribution in [3.05, 3.63) is 53.6 Å². The van der Waals surface area contributed by atoms with E-state index >= 15 is 0 Å². The van der Waals surface area contributed by atoms with Crippen LogP contribution in [0.5, 0.6) is 5.75 Å². The van der Waals surface area contributed by atoms with Gasteiger partial charge in [-0.05, 0) is 62.9 Å². The summed E-state index contributed by atoms with van der Waals surface area (Å²) in [6, 6.07) is 11.8. The number of amides is 1. The van der Waals surface area contributed by atoms with Crippen molar-refractivity contribution in [3.63, 3.8) is 0 Å². The normalized spacial score (nSPS) is 15.8. The van der Waals surface area contributed by atoms with Gasteiger partial charge in [-0.2, -0.15) is 4.31 Å². The molecule has 0 aliphatic carbocycles. The van der Waals surface area contributed by atoms with E-state index in [1.165, 1.54) is 10.4 Å². The smallest absolute Gasteiger partial charge is 0.255 e. The molecule has 2 aromatic carbocycles. The number of rotatable bonds is 6. The number of nitrogens with one attached hydrogen (secondary N) is 1. The molecule has 156 valence electrons. The standard InChI is InChI=1S/C21H27N3O4S/c1-4-28-18-8-6-17(7-9-18)22-21(25)20-15-19(10-5-16(20)2)29(26,27)24-13-11-23(3)12-14-24/h5-10,15H,4,11-14H2,1-3H3,(H,22,25). The Morgan fingerprint density at radius 2 is 1.72 bits per heavy atom. The Balaban J connectivity index is 1.80. The van der Waals surface area contributed by atoms with Crippen LogP contribution >= 0.6 is 0 Å². The minimum Gasteiger partial charge on any atom is -0.494 e. The first-order valence-corrected chi connectivity index (χ1v) is 11.1. The number of ether oxygens (including phenoxy) is 1. The first-order chi connectivity index (χ1) is 13.8. The summed E-state index contributed by atoms with van der Waals surface area (Å²) in [7, 11) is -1.66. The van der Waals surface area contributed by atoms with Crippen LogP contribution in [-0.4, -0.2) is 63.4 Å². The van der Waals surface area contributed by atoms with Crippen LogP contribution in [0.1, 0.15) is 22.8 Å². The predicted octanol–water partition coefficient (Wildman–Crippen LogP) is 2.58. The summed E-state index contributed by atoms with van der Waals surface area (Å²) in [5.74, 6) is 0.379. The molecule has 1 heterocycles. The van der Waals surface area contributed by atoms with Crippen molar-refractivity contribution in [2.24, 2.45) is 0 Å². The number of hydrogen-bond acceptors (Lipinski definition) is 5. The third-order valence-electron chi connectivity index (χ3n) is 4.98. The molecule has 1 fully saturated rings. The molecule has 1 aliphatic rings. The number of carbonyl (C=O) groups is 1. The van der Waals surface area contributed by atoms with Crippen LogP contribution in [0.4, 0.5) is 5.69 Å². The van der Waals surface area contributed by atoms with E-state index in [1.54, 1.807) is 43.3 Å². The van der Waals surface area contributed by atoms with Gasteiger partial charge in [0.25, 0.3) is 5.91 Å². The molecule has 1 N–H and O–H groups in total. The molecule has 0 atom stereocenters. The number of sulfonamides is 1. The van der Waals surface area contributed by atoms with Gasteiger partial charge in [0.05, 0.1) is 11.5 Å². The molecule has 0 spiro atoms. The van der Waals surface area contributed by atoms with Crippen molar-refractivity contribution < 1.29 is 17.9 Å². The molecule has 1 aliphatic heterocycles. The second-order valence-electron chi connectivity index (χ2n) is 7.10. The third kappa shape index (κ3) is 4.95. The summed E-state index contributed by atoms with van der Waals surface area (Å²) in [5, 5.41) is 2.82. The minimum atomic E-state index is -3.63. The van der Waals surface area contributed by atoms with Gasteiger partial charge in [-0.1, -0.05) is 6.07 Å². The maximum atomic E-state index is 13.0. The molecule has 1 amide bonds. The Morgan fingerprint density at radius 1 is 1.07 bits per heavy atom. The first kappa shape index (κ1) is 21.3. The van der Waals surface area contributed by atoms with Crippen molar-refractivity contribution >= 4 is 21.6 Å². The van der Waals surface area contributed by atoms with E-state index in [-0.39, 0.29) is 10.8 Å². The fourth-order valence-electron chi connectivity index (χ4n) is 3.18. The molecular weight excluding hydrogens is 390 g/mol. The molecule has 8 heteroatoms. The average molecular weight is 418 g/mol. The molecule has 0 aromatic heterocycles. The molecule has 0 bridgehead atoms. The molecule has 2 aromatic rings. The van der Waals surface area contributed by atoms with E-state index < -0.39 is 10.0 Å². The van der Waals surface area contributed by atoms with Crippen molar-refractivity contribution in [1.29, 1.82) is 0 Å². The van der Waals surface area contributed by atoms with Gasteiger partial charge < -0.3 is 15.0 Å². The van der Waals surface area contributed by atoms with Crippen LogP contribution in [-0.2, 0) is 10.0 Å². The number of aryl methyl sites for hydroxylation is 1. The van der Waals surface area contributed by atoms with E-state index in [4.69, 9.17) is 4.74 Å². The minimum absolute atomic E-state index is 0.143. The van der Waals surface area contributed by atoms with Crippen molar-refractivity contribution in [3.8, 4) is 5.75 Å². The maximum absolute atomic E-state index is 13.0. The quantitative estimate of drug-likeness (QED) is 0.782. The highest BCUT2D eigenvalue weighted by atomic mass is 32.2. The number of likely N-dealkylation sites (N-methyl/N-ethyl adjacent to an activating group) is 1. The van der Waals surface area contributed by atoms with Crippen LogP contribution in [0.2, 0.25) is 0 Å². The van der Waals surface area contributed by atoms with Crippen molar-refractivity contribution in [1.82, 2.24) is 9.21 Å². The Kier molecular flexibility index (Phi) is 6.56.